The van der Waals surface area contributed by atoms with E-state index in [-0.39, 0.29) is 13.0 Å². The van der Waals surface area contributed by atoms with Gasteiger partial charge in [-0.1, -0.05) is 56.0 Å². The van der Waals surface area contributed by atoms with E-state index < -0.39 is 118 Å². The van der Waals surface area contributed by atoms with Crippen molar-refractivity contribution in [3.8, 4) is 0 Å². The molecule has 2 heterocycles. The largest absolute Gasteiger partial charge is 0.463 e. The molecule has 2 aliphatic rings. The minimum atomic E-state index is -2.21. The van der Waals surface area contributed by atoms with Crippen LogP contribution in [-0.2, 0) is 73.2 Å². The van der Waals surface area contributed by atoms with Gasteiger partial charge in [-0.3, -0.25) is 24.0 Å². The molecule has 302 valence electrons. The predicted octanol–water partition coefficient (Wildman–Crippen LogP) is 1.49. The molecule has 19 heteroatoms. The van der Waals surface area contributed by atoms with Crippen LogP contribution < -0.4 is 5.32 Å². The number of benzene rings is 1. The molecule has 2 aliphatic heterocycles. The lowest BCUT2D eigenvalue weighted by Crippen LogP contribution is -2.72. The first kappa shape index (κ1) is 44.3. The number of ether oxygens (including phenoxy) is 9. The lowest BCUT2D eigenvalue weighted by Gasteiger charge is -2.54. The van der Waals surface area contributed by atoms with Crippen molar-refractivity contribution in [2.24, 2.45) is 0 Å². The van der Waals surface area contributed by atoms with Crippen molar-refractivity contribution in [3.05, 3.63) is 35.9 Å². The van der Waals surface area contributed by atoms with Crippen molar-refractivity contribution in [1.29, 1.82) is 0 Å². The third kappa shape index (κ3) is 13.0. The van der Waals surface area contributed by atoms with Gasteiger partial charge >= 0.3 is 35.9 Å². The van der Waals surface area contributed by atoms with Crippen LogP contribution in [0.5, 0.6) is 0 Å². The molecule has 0 aliphatic carbocycles. The molecule has 0 saturated carbocycles. The van der Waals surface area contributed by atoms with Crippen molar-refractivity contribution in [2.45, 2.75) is 134 Å². The normalized spacial score (nSPS) is 29.6. The summed E-state index contributed by atoms with van der Waals surface area (Å²) in [5, 5.41) is 25.3. The average molecular weight is 786 g/mol. The molecule has 3 rings (SSSR count). The molecule has 0 aromatic heterocycles. The Morgan fingerprint density at radius 2 is 1.30 bits per heavy atom. The second-order valence-corrected chi connectivity index (χ2v) is 19.8. The average Bonchev–Trinajstić information content (AvgIpc) is 3.06. The minimum Gasteiger partial charge on any atom is -0.463 e. The second-order valence-electron chi connectivity index (χ2n) is 14.2. The Bertz CT molecular complexity index is 1470. The molecule has 3 N–H and O–H groups in total. The van der Waals surface area contributed by atoms with Crippen LogP contribution in [0.4, 0.5) is 4.79 Å². The van der Waals surface area contributed by atoms with E-state index in [0.717, 1.165) is 34.6 Å². The summed E-state index contributed by atoms with van der Waals surface area (Å²) in [6, 6.07) is 7.47. The summed E-state index contributed by atoms with van der Waals surface area (Å²) in [6.45, 7) is 10.2. The smallest absolute Gasteiger partial charge is 0.407 e. The number of carbonyl (C=O) groups is 6. The zero-order valence-electron chi connectivity index (χ0n) is 31.6. The van der Waals surface area contributed by atoms with Gasteiger partial charge in [-0.05, 0) is 5.56 Å². The SMILES string of the molecule is CC(=O)OC[C@H]1O[C@@](CC[Si](C)(C)C)(O[C@H]2[C@H](O)[C@@H](NC(=O)OCc3ccccc3)[C@H](O)O[C@@H]2COC(C)=O)[C@H](OC(C)=O)[C@@H](OC(C)=O)[C@H]1OC(C)=O. The minimum absolute atomic E-state index is 0.120. The van der Waals surface area contributed by atoms with Gasteiger partial charge in [0.05, 0.1) is 0 Å². The first-order chi connectivity index (χ1) is 25.2. The van der Waals surface area contributed by atoms with Gasteiger partial charge in [-0.15, -0.1) is 0 Å². The molecule has 0 radical (unpaired) electrons. The Labute approximate surface area is 314 Å². The van der Waals surface area contributed by atoms with Gasteiger partial charge in [0, 0.05) is 49.1 Å². The topological polar surface area (TPSA) is 238 Å². The number of rotatable bonds is 15. The molecule has 1 amide bonds. The van der Waals surface area contributed by atoms with Crippen LogP contribution in [0.15, 0.2) is 30.3 Å². The molecule has 18 nitrogen and oxygen atoms in total. The van der Waals surface area contributed by atoms with E-state index in [4.69, 9.17) is 42.6 Å². The van der Waals surface area contributed by atoms with Gasteiger partial charge in [0.15, 0.2) is 24.6 Å². The number of carbonyl (C=O) groups excluding carboxylic acids is 6. The lowest BCUT2D eigenvalue weighted by molar-refractivity contribution is -0.398. The predicted molar refractivity (Wildman–Crippen MR) is 186 cm³/mol. The summed E-state index contributed by atoms with van der Waals surface area (Å²) >= 11 is 0. The molecule has 10 atom stereocenters. The number of esters is 5. The van der Waals surface area contributed by atoms with E-state index in [2.05, 4.69) is 5.32 Å². The maximum Gasteiger partial charge on any atom is 0.407 e. The molecule has 0 spiro atoms. The maximum absolute atomic E-state index is 12.9. The van der Waals surface area contributed by atoms with Gasteiger partial charge < -0.3 is 58.2 Å². The Balaban J connectivity index is 2.17. The Kier molecular flexibility index (Phi) is 15.9. The van der Waals surface area contributed by atoms with Crippen molar-refractivity contribution in [3.63, 3.8) is 0 Å². The van der Waals surface area contributed by atoms with Crippen LogP contribution in [0.3, 0.4) is 0 Å². The first-order valence-electron chi connectivity index (χ1n) is 17.3. The molecular weight excluding hydrogens is 734 g/mol. The number of hydrogen-bond acceptors (Lipinski definition) is 17. The summed E-state index contributed by atoms with van der Waals surface area (Å²) in [4.78, 5) is 74.6. The fourth-order valence-corrected chi connectivity index (χ4v) is 7.05. The van der Waals surface area contributed by atoms with E-state index in [1.807, 2.05) is 19.6 Å². The van der Waals surface area contributed by atoms with Crippen molar-refractivity contribution in [2.75, 3.05) is 13.2 Å². The zero-order valence-corrected chi connectivity index (χ0v) is 32.6. The van der Waals surface area contributed by atoms with Gasteiger partial charge in [-0.2, -0.15) is 0 Å². The molecule has 1 aromatic rings. The van der Waals surface area contributed by atoms with Gasteiger partial charge in [0.25, 0.3) is 0 Å². The number of aliphatic hydroxyl groups is 2. The molecule has 54 heavy (non-hydrogen) atoms. The van der Waals surface area contributed by atoms with E-state index in [1.54, 1.807) is 30.3 Å². The molecule has 0 unspecified atom stereocenters. The monoisotopic (exact) mass is 785 g/mol. The quantitative estimate of drug-likeness (QED) is 0.130. The third-order valence-electron chi connectivity index (χ3n) is 8.32. The van der Waals surface area contributed by atoms with Gasteiger partial charge in [0.1, 0.15) is 50.3 Å². The molecule has 2 fully saturated rings. The number of hydrogen-bond donors (Lipinski definition) is 3. The highest BCUT2D eigenvalue weighted by molar-refractivity contribution is 6.76. The van der Waals surface area contributed by atoms with E-state index in [0.29, 0.717) is 11.6 Å². The fourth-order valence-electron chi connectivity index (χ4n) is 5.95. The highest BCUT2D eigenvalue weighted by Gasteiger charge is 2.63. The van der Waals surface area contributed by atoms with Crippen LogP contribution in [0.25, 0.3) is 0 Å². The summed E-state index contributed by atoms with van der Waals surface area (Å²) in [5.74, 6) is -6.30. The van der Waals surface area contributed by atoms with Crippen LogP contribution in [-0.4, -0.2) is 128 Å². The van der Waals surface area contributed by atoms with Crippen LogP contribution in [0.1, 0.15) is 46.6 Å². The highest BCUT2D eigenvalue weighted by Crippen LogP contribution is 2.43. The van der Waals surface area contributed by atoms with Gasteiger partial charge in [-0.25, -0.2) is 4.79 Å². The van der Waals surface area contributed by atoms with E-state index in [9.17, 15) is 39.0 Å². The number of aliphatic hydroxyl groups excluding tert-OH is 2. The summed E-state index contributed by atoms with van der Waals surface area (Å²) < 4.78 is 51.6. The number of amides is 1. The first-order valence-corrected chi connectivity index (χ1v) is 21.0. The Hall–Kier alpha value is -4.14. The standard InChI is InChI=1S/C35H51NO17Si/c1-19(37)45-17-25-29(28(42)27(33(43)51-25)36-34(44)47-16-24-12-10-9-11-13-24)53-35(14-15-54(6,7)8)32(50-23(5)41)31(49-22(4)40)30(48-21(3)39)26(52-35)18-46-20(2)38/h9-13,25-33,42-43H,14-18H2,1-8H3,(H,36,44)/t25-,26-,27-,28-,29-,30+,31+,32-,33-,35+/m1/s1. The van der Waals surface area contributed by atoms with Gasteiger partial charge in [0.2, 0.25) is 5.79 Å². The molecular formula is C35H51NO17Si. The zero-order chi connectivity index (χ0) is 40.4. The summed E-state index contributed by atoms with van der Waals surface area (Å²) in [7, 11) is -2.08. The van der Waals surface area contributed by atoms with Crippen molar-refractivity contribution < 1.29 is 81.6 Å². The van der Waals surface area contributed by atoms with Crippen LogP contribution in [0.2, 0.25) is 25.7 Å². The summed E-state index contributed by atoms with van der Waals surface area (Å²) in [5.41, 5.74) is 0.657. The highest BCUT2D eigenvalue weighted by atomic mass is 28.3. The van der Waals surface area contributed by atoms with Crippen LogP contribution >= 0.6 is 0 Å². The van der Waals surface area contributed by atoms with Crippen LogP contribution in [0, 0.1) is 0 Å². The molecule has 0 bridgehead atoms. The van der Waals surface area contributed by atoms with Crippen molar-refractivity contribution in [1.82, 2.24) is 5.32 Å². The Morgan fingerprint density at radius 1 is 0.741 bits per heavy atom. The number of nitrogens with one attached hydrogen (secondary N) is 1. The molecule has 1 aromatic carbocycles. The van der Waals surface area contributed by atoms with E-state index in [1.165, 1.54) is 0 Å². The lowest BCUT2D eigenvalue weighted by atomic mass is 9.88. The van der Waals surface area contributed by atoms with Crippen molar-refractivity contribution >= 4 is 44.0 Å². The Morgan fingerprint density at radius 3 is 1.83 bits per heavy atom. The summed E-state index contributed by atoms with van der Waals surface area (Å²) in [6.07, 6.45) is -14.3. The third-order valence-corrected chi connectivity index (χ3v) is 10.1. The fraction of sp³-hybridized carbons (Fsp3) is 0.657. The van der Waals surface area contributed by atoms with E-state index >= 15 is 0 Å². The maximum atomic E-state index is 12.9. The second kappa shape index (κ2) is 19.4. The number of alkyl carbamates (subject to hydrolysis) is 1. The molecule has 2 saturated heterocycles.